The van der Waals surface area contributed by atoms with Gasteiger partial charge in [-0.05, 0) is 30.3 Å². The summed E-state index contributed by atoms with van der Waals surface area (Å²) in [6.07, 6.45) is 1.68. The van der Waals surface area contributed by atoms with Crippen LogP contribution in [0.2, 0.25) is 5.02 Å². The molecule has 2 N–H and O–H groups in total. The molecule has 2 aromatic heterocycles. The molecule has 0 saturated carbocycles. The van der Waals surface area contributed by atoms with E-state index in [9.17, 15) is 4.79 Å². The van der Waals surface area contributed by atoms with E-state index in [1.165, 1.54) is 18.4 Å². The lowest BCUT2D eigenvalue weighted by atomic mass is 10.3. The standard InChI is InChI=1S/C16H13ClN4O2S/c1-23-13-6-5-10(17)8-11(13)19-15(22)12-9-24-16(20-12)21-14-4-2-3-7-18-14/h2-9H,1H3,(H,19,22)(H,18,20,21). The third kappa shape index (κ3) is 3.81. The van der Waals surface area contributed by atoms with Gasteiger partial charge in [-0.2, -0.15) is 0 Å². The molecule has 0 bridgehead atoms. The summed E-state index contributed by atoms with van der Waals surface area (Å²) in [7, 11) is 1.52. The molecule has 0 saturated heterocycles. The minimum Gasteiger partial charge on any atom is -0.495 e. The van der Waals surface area contributed by atoms with E-state index in [2.05, 4.69) is 20.6 Å². The van der Waals surface area contributed by atoms with Crippen LogP contribution in [0, 0.1) is 0 Å². The van der Waals surface area contributed by atoms with Crippen molar-refractivity contribution < 1.29 is 9.53 Å². The molecule has 122 valence electrons. The molecule has 3 rings (SSSR count). The van der Waals surface area contributed by atoms with Crippen LogP contribution in [0.25, 0.3) is 0 Å². The Labute approximate surface area is 147 Å². The second-order valence-electron chi connectivity index (χ2n) is 4.68. The zero-order valence-corrected chi connectivity index (χ0v) is 14.2. The number of nitrogens with one attached hydrogen (secondary N) is 2. The monoisotopic (exact) mass is 360 g/mol. The molecule has 1 amide bonds. The van der Waals surface area contributed by atoms with Crippen molar-refractivity contribution in [3.8, 4) is 5.75 Å². The van der Waals surface area contributed by atoms with Crippen LogP contribution in [0.5, 0.6) is 5.75 Å². The fourth-order valence-corrected chi connectivity index (χ4v) is 2.82. The van der Waals surface area contributed by atoms with Gasteiger partial charge < -0.3 is 15.4 Å². The van der Waals surface area contributed by atoms with Gasteiger partial charge in [0.15, 0.2) is 5.13 Å². The lowest BCUT2D eigenvalue weighted by Gasteiger charge is -2.09. The lowest BCUT2D eigenvalue weighted by Crippen LogP contribution is -2.13. The first-order valence-corrected chi connectivity index (χ1v) is 8.20. The Morgan fingerprint density at radius 3 is 2.92 bits per heavy atom. The van der Waals surface area contributed by atoms with E-state index in [1.54, 1.807) is 29.8 Å². The average Bonchev–Trinajstić information content (AvgIpc) is 3.05. The number of aromatic nitrogens is 2. The number of carbonyl (C=O) groups is 1. The molecule has 0 aliphatic carbocycles. The molecule has 0 spiro atoms. The summed E-state index contributed by atoms with van der Waals surface area (Å²) in [5, 5.41) is 8.54. The molecule has 3 aromatic rings. The van der Waals surface area contributed by atoms with Crippen LogP contribution < -0.4 is 15.4 Å². The molecule has 0 fully saturated rings. The topological polar surface area (TPSA) is 76.1 Å². The largest absolute Gasteiger partial charge is 0.495 e. The van der Waals surface area contributed by atoms with Gasteiger partial charge in [0, 0.05) is 16.6 Å². The van der Waals surface area contributed by atoms with Gasteiger partial charge in [0.05, 0.1) is 12.8 Å². The normalized spacial score (nSPS) is 10.2. The van der Waals surface area contributed by atoms with Gasteiger partial charge in [0.25, 0.3) is 5.91 Å². The highest BCUT2D eigenvalue weighted by Gasteiger charge is 2.14. The van der Waals surface area contributed by atoms with Gasteiger partial charge in [-0.15, -0.1) is 11.3 Å². The second kappa shape index (κ2) is 7.29. The highest BCUT2D eigenvalue weighted by atomic mass is 35.5. The molecule has 6 nitrogen and oxygen atoms in total. The number of halogens is 1. The molecule has 2 heterocycles. The van der Waals surface area contributed by atoms with Crippen LogP contribution in [0.3, 0.4) is 0 Å². The summed E-state index contributed by atoms with van der Waals surface area (Å²) >= 11 is 7.28. The number of benzene rings is 1. The summed E-state index contributed by atoms with van der Waals surface area (Å²) in [4.78, 5) is 20.8. The number of anilines is 3. The van der Waals surface area contributed by atoms with Crippen molar-refractivity contribution in [2.24, 2.45) is 0 Å². The van der Waals surface area contributed by atoms with Crippen LogP contribution in [0.4, 0.5) is 16.6 Å². The summed E-state index contributed by atoms with van der Waals surface area (Å²) in [6.45, 7) is 0. The van der Waals surface area contributed by atoms with E-state index in [0.29, 0.717) is 33.1 Å². The first kappa shape index (κ1) is 16.2. The third-order valence-corrected chi connectivity index (χ3v) is 4.04. The fraction of sp³-hybridized carbons (Fsp3) is 0.0625. The Kier molecular flexibility index (Phi) is 4.93. The molecule has 0 atom stereocenters. The fourth-order valence-electron chi connectivity index (χ4n) is 1.95. The quantitative estimate of drug-likeness (QED) is 0.713. The summed E-state index contributed by atoms with van der Waals surface area (Å²) in [5.41, 5.74) is 0.780. The van der Waals surface area contributed by atoms with Crippen molar-refractivity contribution in [1.29, 1.82) is 0 Å². The minimum absolute atomic E-state index is 0.292. The van der Waals surface area contributed by atoms with Gasteiger partial charge in [-0.1, -0.05) is 17.7 Å². The molecule has 8 heteroatoms. The number of hydrogen-bond donors (Lipinski definition) is 2. The minimum atomic E-state index is -0.346. The Morgan fingerprint density at radius 1 is 1.29 bits per heavy atom. The van der Waals surface area contributed by atoms with Crippen molar-refractivity contribution in [3.05, 3.63) is 58.7 Å². The first-order valence-electron chi connectivity index (χ1n) is 6.94. The number of hydrogen-bond acceptors (Lipinski definition) is 6. The van der Waals surface area contributed by atoms with Crippen LogP contribution in [-0.4, -0.2) is 23.0 Å². The maximum atomic E-state index is 12.4. The molecule has 24 heavy (non-hydrogen) atoms. The Bertz CT molecular complexity index is 854. The molecular weight excluding hydrogens is 348 g/mol. The Hall–Kier alpha value is -2.64. The van der Waals surface area contributed by atoms with Crippen molar-refractivity contribution in [3.63, 3.8) is 0 Å². The van der Waals surface area contributed by atoms with Gasteiger partial charge in [-0.25, -0.2) is 9.97 Å². The number of carbonyl (C=O) groups excluding carboxylic acids is 1. The first-order chi connectivity index (χ1) is 11.7. The van der Waals surface area contributed by atoms with E-state index in [-0.39, 0.29) is 5.91 Å². The van der Waals surface area contributed by atoms with Gasteiger partial charge >= 0.3 is 0 Å². The van der Waals surface area contributed by atoms with Crippen molar-refractivity contribution in [2.75, 3.05) is 17.7 Å². The van der Waals surface area contributed by atoms with Crippen molar-refractivity contribution >= 4 is 45.5 Å². The zero-order valence-electron chi connectivity index (χ0n) is 12.6. The van der Waals surface area contributed by atoms with Gasteiger partial charge in [-0.3, -0.25) is 4.79 Å². The summed E-state index contributed by atoms with van der Waals surface area (Å²) in [6, 6.07) is 10.5. The van der Waals surface area contributed by atoms with E-state index < -0.39 is 0 Å². The van der Waals surface area contributed by atoms with Crippen LogP contribution in [0.15, 0.2) is 48.0 Å². The molecular formula is C16H13ClN4O2S. The average molecular weight is 361 g/mol. The van der Waals surface area contributed by atoms with Gasteiger partial charge in [0.2, 0.25) is 0 Å². The summed E-state index contributed by atoms with van der Waals surface area (Å²) in [5.74, 6) is 0.839. The van der Waals surface area contributed by atoms with E-state index in [0.717, 1.165) is 0 Å². The number of methoxy groups -OCH3 is 1. The number of ether oxygens (including phenoxy) is 1. The SMILES string of the molecule is COc1ccc(Cl)cc1NC(=O)c1csc(Nc2ccccn2)n1. The van der Waals surface area contributed by atoms with Gasteiger partial charge in [0.1, 0.15) is 17.3 Å². The Morgan fingerprint density at radius 2 is 2.17 bits per heavy atom. The van der Waals surface area contributed by atoms with E-state index in [1.807, 2.05) is 18.2 Å². The third-order valence-electron chi connectivity index (χ3n) is 3.05. The van der Waals surface area contributed by atoms with E-state index in [4.69, 9.17) is 16.3 Å². The maximum absolute atomic E-state index is 12.4. The number of rotatable bonds is 5. The number of pyridine rings is 1. The predicted molar refractivity (Wildman–Crippen MR) is 95.6 cm³/mol. The second-order valence-corrected chi connectivity index (χ2v) is 5.97. The van der Waals surface area contributed by atoms with E-state index >= 15 is 0 Å². The molecule has 0 aliphatic heterocycles. The smallest absolute Gasteiger partial charge is 0.275 e. The predicted octanol–water partition coefficient (Wildman–Crippen LogP) is 4.20. The molecule has 1 aromatic carbocycles. The maximum Gasteiger partial charge on any atom is 0.275 e. The van der Waals surface area contributed by atoms with Crippen LogP contribution >= 0.6 is 22.9 Å². The lowest BCUT2D eigenvalue weighted by molar-refractivity contribution is 0.102. The van der Waals surface area contributed by atoms with Crippen LogP contribution in [0.1, 0.15) is 10.5 Å². The molecule has 0 aliphatic rings. The molecule has 0 unspecified atom stereocenters. The molecule has 0 radical (unpaired) electrons. The highest BCUT2D eigenvalue weighted by molar-refractivity contribution is 7.14. The zero-order chi connectivity index (χ0) is 16.9. The van der Waals surface area contributed by atoms with Crippen molar-refractivity contribution in [2.45, 2.75) is 0 Å². The number of nitrogens with zero attached hydrogens (tertiary/aromatic N) is 2. The van der Waals surface area contributed by atoms with Crippen LogP contribution in [-0.2, 0) is 0 Å². The number of thiazole rings is 1. The Balaban J connectivity index is 1.73. The summed E-state index contributed by atoms with van der Waals surface area (Å²) < 4.78 is 5.21. The highest BCUT2D eigenvalue weighted by Crippen LogP contribution is 2.28. The van der Waals surface area contributed by atoms with Crippen molar-refractivity contribution in [1.82, 2.24) is 9.97 Å². The number of amides is 1.